The van der Waals surface area contributed by atoms with Crippen molar-refractivity contribution in [3.8, 4) is 27.9 Å². The van der Waals surface area contributed by atoms with Gasteiger partial charge in [0.15, 0.2) is 0 Å². The maximum absolute atomic E-state index is 2.50. The molecule has 0 saturated carbocycles. The van der Waals surface area contributed by atoms with Gasteiger partial charge >= 0.3 is 0 Å². The van der Waals surface area contributed by atoms with Crippen LogP contribution < -0.4 is 0 Å². The van der Waals surface area contributed by atoms with E-state index in [-0.39, 0.29) is 5.41 Å². The minimum Gasteiger partial charge on any atom is -0.309 e. The summed E-state index contributed by atoms with van der Waals surface area (Å²) in [5, 5.41) is 7.89. The molecular weight excluding hydrogens is 563 g/mol. The third-order valence-corrected chi connectivity index (χ3v) is 11.3. The van der Waals surface area contributed by atoms with Gasteiger partial charge in [0.2, 0.25) is 0 Å². The molecule has 0 N–H and O–H groups in total. The predicted molar refractivity (Wildman–Crippen MR) is 194 cm³/mol. The van der Waals surface area contributed by atoms with Gasteiger partial charge in [-0.05, 0) is 86.6 Å². The summed E-state index contributed by atoms with van der Waals surface area (Å²) in [6.07, 6.45) is 0. The van der Waals surface area contributed by atoms with Crippen molar-refractivity contribution in [2.75, 3.05) is 0 Å². The number of aromatic nitrogens is 1. The van der Waals surface area contributed by atoms with Crippen LogP contribution in [-0.4, -0.2) is 4.57 Å². The molecule has 0 atom stereocenters. The molecule has 0 radical (unpaired) electrons. The van der Waals surface area contributed by atoms with Crippen LogP contribution in [0.2, 0.25) is 0 Å². The van der Waals surface area contributed by atoms with Gasteiger partial charge in [-0.2, -0.15) is 0 Å². The van der Waals surface area contributed by atoms with Gasteiger partial charge in [0.1, 0.15) is 0 Å². The van der Waals surface area contributed by atoms with E-state index in [9.17, 15) is 0 Å². The molecule has 0 spiro atoms. The van der Waals surface area contributed by atoms with Gasteiger partial charge in [-0.1, -0.05) is 111 Å². The molecule has 9 aromatic rings. The Kier molecular flexibility index (Phi) is 5.00. The van der Waals surface area contributed by atoms with Crippen molar-refractivity contribution in [2.45, 2.75) is 19.3 Å². The van der Waals surface area contributed by atoms with Gasteiger partial charge in [-0.3, -0.25) is 0 Å². The molecule has 0 amide bonds. The smallest absolute Gasteiger partial charge is 0.0548 e. The molecule has 7 aromatic carbocycles. The van der Waals surface area contributed by atoms with Gasteiger partial charge in [0.25, 0.3) is 0 Å². The maximum atomic E-state index is 2.50. The number of fused-ring (bicyclic) bond motifs is 11. The number of benzene rings is 7. The van der Waals surface area contributed by atoms with Crippen molar-refractivity contribution in [1.29, 1.82) is 0 Å². The van der Waals surface area contributed by atoms with Gasteiger partial charge in [-0.25, -0.2) is 0 Å². The van der Waals surface area contributed by atoms with E-state index >= 15 is 0 Å². The molecule has 0 bridgehead atoms. The Morgan fingerprint density at radius 1 is 0.489 bits per heavy atom. The van der Waals surface area contributed by atoms with Crippen molar-refractivity contribution in [3.05, 3.63) is 151 Å². The first kappa shape index (κ1) is 25.2. The number of thiophene rings is 1. The third kappa shape index (κ3) is 3.38. The van der Waals surface area contributed by atoms with E-state index in [2.05, 4.69) is 158 Å². The highest BCUT2D eigenvalue weighted by Gasteiger charge is 2.35. The summed E-state index contributed by atoms with van der Waals surface area (Å²) in [5.41, 5.74) is 11.7. The summed E-state index contributed by atoms with van der Waals surface area (Å²) in [5.74, 6) is 0. The van der Waals surface area contributed by atoms with E-state index in [0.717, 1.165) is 0 Å². The van der Waals surface area contributed by atoms with Crippen molar-refractivity contribution in [2.24, 2.45) is 0 Å². The van der Waals surface area contributed by atoms with Crippen molar-refractivity contribution in [1.82, 2.24) is 4.57 Å². The third-order valence-electron chi connectivity index (χ3n) is 10.2. The fourth-order valence-corrected chi connectivity index (χ4v) is 9.19. The minimum atomic E-state index is -0.0565. The van der Waals surface area contributed by atoms with Crippen molar-refractivity contribution in [3.63, 3.8) is 0 Å². The molecule has 1 aliphatic rings. The second-order valence-electron chi connectivity index (χ2n) is 12.9. The fraction of sp³-hybridized carbons (Fsp3) is 0.0698. The Hall–Kier alpha value is -5.18. The molecular formula is C43H29NS. The molecule has 1 nitrogen and oxygen atoms in total. The topological polar surface area (TPSA) is 4.93 Å². The van der Waals surface area contributed by atoms with Crippen LogP contribution in [0.3, 0.4) is 0 Å². The first-order chi connectivity index (χ1) is 22.1. The Labute approximate surface area is 265 Å². The SMILES string of the molecule is CC1(C)c2ccccc2-c2ccc(-n3c4ccc(-c5cccc6ccccc56)cc4c4c5c(ccc43)sc3ccccc35)cc21. The van der Waals surface area contributed by atoms with Crippen LogP contribution in [-0.2, 0) is 5.41 Å². The lowest BCUT2D eigenvalue weighted by Gasteiger charge is -2.22. The summed E-state index contributed by atoms with van der Waals surface area (Å²) in [4.78, 5) is 0. The average molecular weight is 592 g/mol. The molecule has 10 rings (SSSR count). The largest absolute Gasteiger partial charge is 0.309 e. The molecule has 45 heavy (non-hydrogen) atoms. The van der Waals surface area contributed by atoms with E-state index in [1.807, 2.05) is 11.3 Å². The highest BCUT2D eigenvalue weighted by atomic mass is 32.1. The summed E-state index contributed by atoms with van der Waals surface area (Å²) in [6.45, 7) is 4.73. The minimum absolute atomic E-state index is 0.0565. The quantitative estimate of drug-likeness (QED) is 0.188. The van der Waals surface area contributed by atoms with Crippen LogP contribution in [0.5, 0.6) is 0 Å². The molecule has 1 aliphatic carbocycles. The predicted octanol–water partition coefficient (Wildman–Crippen LogP) is 12.3. The van der Waals surface area contributed by atoms with Crippen LogP contribution in [0, 0.1) is 0 Å². The van der Waals surface area contributed by atoms with E-state index < -0.39 is 0 Å². The van der Waals surface area contributed by atoms with E-state index in [1.165, 1.54) is 91.8 Å². The zero-order valence-corrected chi connectivity index (χ0v) is 26.0. The van der Waals surface area contributed by atoms with Gasteiger partial charge < -0.3 is 4.57 Å². The molecule has 0 saturated heterocycles. The zero-order valence-electron chi connectivity index (χ0n) is 25.1. The van der Waals surface area contributed by atoms with Gasteiger partial charge in [0, 0.05) is 42.0 Å². The highest BCUT2D eigenvalue weighted by Crippen LogP contribution is 2.50. The molecule has 0 unspecified atom stereocenters. The summed E-state index contributed by atoms with van der Waals surface area (Å²) in [7, 11) is 0. The highest BCUT2D eigenvalue weighted by molar-refractivity contribution is 7.26. The fourth-order valence-electron chi connectivity index (χ4n) is 8.08. The summed E-state index contributed by atoms with van der Waals surface area (Å²) < 4.78 is 5.18. The Balaban J connectivity index is 1.31. The molecule has 0 aliphatic heterocycles. The number of hydrogen-bond acceptors (Lipinski definition) is 1. The molecule has 212 valence electrons. The lowest BCUT2D eigenvalue weighted by atomic mass is 9.82. The van der Waals surface area contributed by atoms with Crippen LogP contribution in [0.15, 0.2) is 140 Å². The number of nitrogens with zero attached hydrogens (tertiary/aromatic N) is 1. The van der Waals surface area contributed by atoms with E-state index in [4.69, 9.17) is 0 Å². The zero-order chi connectivity index (χ0) is 29.9. The molecule has 0 fully saturated rings. The second kappa shape index (κ2) is 8.94. The van der Waals surface area contributed by atoms with E-state index in [1.54, 1.807) is 0 Å². The monoisotopic (exact) mass is 591 g/mol. The number of rotatable bonds is 2. The first-order valence-electron chi connectivity index (χ1n) is 15.7. The molecule has 2 heterocycles. The van der Waals surface area contributed by atoms with Crippen LogP contribution in [0.1, 0.15) is 25.0 Å². The number of hydrogen-bond donors (Lipinski definition) is 0. The van der Waals surface area contributed by atoms with E-state index in [0.29, 0.717) is 0 Å². The van der Waals surface area contributed by atoms with Gasteiger partial charge in [0.05, 0.1) is 11.0 Å². The lowest BCUT2D eigenvalue weighted by molar-refractivity contribution is 0.660. The van der Waals surface area contributed by atoms with Crippen molar-refractivity contribution >= 4 is 64.1 Å². The Bertz CT molecular complexity index is 2680. The van der Waals surface area contributed by atoms with Crippen molar-refractivity contribution < 1.29 is 0 Å². The maximum Gasteiger partial charge on any atom is 0.0548 e. The summed E-state index contributed by atoms with van der Waals surface area (Å²) in [6, 6.07) is 52.0. The molecule has 2 aromatic heterocycles. The Morgan fingerprint density at radius 3 is 2.16 bits per heavy atom. The second-order valence-corrected chi connectivity index (χ2v) is 14.0. The van der Waals surface area contributed by atoms with Crippen LogP contribution >= 0.6 is 11.3 Å². The lowest BCUT2D eigenvalue weighted by Crippen LogP contribution is -2.15. The Morgan fingerprint density at radius 2 is 1.22 bits per heavy atom. The normalized spacial score (nSPS) is 13.7. The standard InChI is InChI=1S/C43H29NS/c1-43(2)35-16-7-5-13-31(35)32-20-19-28(25-36(32)43)44-37-21-18-27(30-15-9-11-26-10-3-4-12-29(26)30)24-34(37)41-38(44)22-23-40-42(41)33-14-6-8-17-39(33)45-40/h3-25H,1-2H3. The van der Waals surface area contributed by atoms with Gasteiger partial charge in [-0.15, -0.1) is 11.3 Å². The molecule has 2 heteroatoms. The first-order valence-corrected chi connectivity index (χ1v) is 16.5. The average Bonchev–Trinajstić information content (AvgIpc) is 3.69. The summed E-state index contributed by atoms with van der Waals surface area (Å²) >= 11 is 1.89. The van der Waals surface area contributed by atoms with Crippen LogP contribution in [0.4, 0.5) is 0 Å². The van der Waals surface area contributed by atoms with Crippen LogP contribution in [0.25, 0.3) is 80.7 Å².